The van der Waals surface area contributed by atoms with Gasteiger partial charge in [0.15, 0.2) is 0 Å². The summed E-state index contributed by atoms with van der Waals surface area (Å²) in [4.78, 5) is 14.3. The highest BCUT2D eigenvalue weighted by atomic mass is 16.5. The summed E-state index contributed by atoms with van der Waals surface area (Å²) in [5.41, 5.74) is -0.0536. The maximum Gasteiger partial charge on any atom is 0.307 e. The maximum atomic E-state index is 11.9. The number of hydrogen-bond donors (Lipinski definition) is 0. The van der Waals surface area contributed by atoms with Crippen molar-refractivity contribution in [2.45, 2.75) is 85.1 Å². The lowest BCUT2D eigenvalue weighted by atomic mass is 9.88. The topological polar surface area (TPSA) is 29.5 Å². The third-order valence-electron chi connectivity index (χ3n) is 4.18. The molecule has 0 aromatic heterocycles. The summed E-state index contributed by atoms with van der Waals surface area (Å²) >= 11 is 0. The number of carbonyl (C=O) groups is 1. The second-order valence-corrected chi connectivity index (χ2v) is 5.82. The van der Waals surface area contributed by atoms with Gasteiger partial charge >= 0.3 is 5.97 Å². The predicted octanol–water partition coefficient (Wildman–Crippen LogP) is 4.40. The normalized spacial score (nSPS) is 14.3. The van der Waals surface area contributed by atoms with Crippen molar-refractivity contribution in [1.82, 2.24) is 4.90 Å². The highest BCUT2D eigenvalue weighted by Crippen LogP contribution is 2.27. The van der Waals surface area contributed by atoms with E-state index in [-0.39, 0.29) is 11.5 Å². The Morgan fingerprint density at radius 1 is 1.00 bits per heavy atom. The van der Waals surface area contributed by atoms with Crippen molar-refractivity contribution in [2.75, 3.05) is 19.7 Å². The van der Waals surface area contributed by atoms with E-state index in [9.17, 15) is 4.79 Å². The second kappa shape index (κ2) is 11.1. The first-order valence-corrected chi connectivity index (χ1v) is 8.44. The maximum absolute atomic E-state index is 11.9. The molecule has 0 saturated heterocycles. The first kappa shape index (κ1) is 19.4. The number of carbonyl (C=O) groups excluding carboxylic acids is 1. The zero-order valence-electron chi connectivity index (χ0n) is 14.3. The van der Waals surface area contributed by atoms with Crippen LogP contribution in [-0.4, -0.2) is 36.1 Å². The fraction of sp³-hybridized carbons (Fsp3) is 0.941. The van der Waals surface area contributed by atoms with Gasteiger partial charge in [0, 0.05) is 5.54 Å². The molecular formula is C17H35NO2. The quantitative estimate of drug-likeness (QED) is 0.393. The monoisotopic (exact) mass is 285 g/mol. The number of unbranched alkanes of at least 4 members (excludes halogenated alkanes) is 4. The Balaban J connectivity index is 4.48. The second-order valence-electron chi connectivity index (χ2n) is 5.82. The van der Waals surface area contributed by atoms with E-state index >= 15 is 0 Å². The predicted molar refractivity (Wildman–Crippen MR) is 86.0 cm³/mol. The molecule has 0 fully saturated rings. The zero-order valence-corrected chi connectivity index (χ0v) is 14.3. The molecule has 0 aromatic rings. The molecule has 0 rings (SSSR count). The van der Waals surface area contributed by atoms with E-state index < -0.39 is 0 Å². The summed E-state index contributed by atoms with van der Waals surface area (Å²) in [6.45, 7) is 13.1. The lowest BCUT2D eigenvalue weighted by Crippen LogP contribution is -2.48. The SMILES string of the molecule is CCCCCCCC(C)(CC(=O)OCC)N(CC)CC. The van der Waals surface area contributed by atoms with E-state index in [4.69, 9.17) is 4.74 Å². The van der Waals surface area contributed by atoms with Gasteiger partial charge < -0.3 is 4.74 Å². The van der Waals surface area contributed by atoms with Crippen LogP contribution in [0.5, 0.6) is 0 Å². The van der Waals surface area contributed by atoms with Gasteiger partial charge in [-0.3, -0.25) is 9.69 Å². The molecule has 0 spiro atoms. The Kier molecular flexibility index (Phi) is 10.8. The highest BCUT2D eigenvalue weighted by Gasteiger charge is 2.32. The molecule has 20 heavy (non-hydrogen) atoms. The molecule has 3 heteroatoms. The molecule has 1 atom stereocenters. The van der Waals surface area contributed by atoms with E-state index in [0.29, 0.717) is 13.0 Å². The van der Waals surface area contributed by atoms with Gasteiger partial charge in [-0.2, -0.15) is 0 Å². The molecule has 0 radical (unpaired) electrons. The molecule has 0 aliphatic rings. The summed E-state index contributed by atoms with van der Waals surface area (Å²) in [7, 11) is 0. The zero-order chi connectivity index (χ0) is 15.4. The first-order chi connectivity index (χ1) is 9.53. The smallest absolute Gasteiger partial charge is 0.307 e. The summed E-state index contributed by atoms with van der Waals surface area (Å²) in [5, 5.41) is 0. The van der Waals surface area contributed by atoms with Crippen LogP contribution >= 0.6 is 0 Å². The van der Waals surface area contributed by atoms with Gasteiger partial charge in [0.2, 0.25) is 0 Å². The molecule has 3 nitrogen and oxygen atoms in total. The van der Waals surface area contributed by atoms with Gasteiger partial charge in [-0.25, -0.2) is 0 Å². The Morgan fingerprint density at radius 2 is 1.60 bits per heavy atom. The fourth-order valence-electron chi connectivity index (χ4n) is 2.98. The molecule has 0 aliphatic heterocycles. The standard InChI is InChI=1S/C17H35NO2/c1-6-10-11-12-13-14-17(5,18(7-2)8-3)15-16(19)20-9-4/h6-15H2,1-5H3. The van der Waals surface area contributed by atoms with Crippen LogP contribution < -0.4 is 0 Å². The molecule has 0 aromatic carbocycles. The number of nitrogens with zero attached hydrogens (tertiary/aromatic N) is 1. The van der Waals surface area contributed by atoms with Crippen LogP contribution in [0.3, 0.4) is 0 Å². The average molecular weight is 285 g/mol. The van der Waals surface area contributed by atoms with Crippen LogP contribution in [0.2, 0.25) is 0 Å². The van der Waals surface area contributed by atoms with Crippen molar-refractivity contribution in [3.63, 3.8) is 0 Å². The fourth-order valence-corrected chi connectivity index (χ4v) is 2.98. The lowest BCUT2D eigenvalue weighted by Gasteiger charge is -2.40. The van der Waals surface area contributed by atoms with Crippen LogP contribution in [-0.2, 0) is 9.53 Å². The van der Waals surface area contributed by atoms with Crippen molar-refractivity contribution in [3.8, 4) is 0 Å². The third-order valence-corrected chi connectivity index (χ3v) is 4.18. The minimum absolute atomic E-state index is 0.0536. The molecule has 0 saturated carbocycles. The van der Waals surface area contributed by atoms with E-state index in [1.165, 1.54) is 32.1 Å². The Labute approximate surface area is 126 Å². The first-order valence-electron chi connectivity index (χ1n) is 8.44. The van der Waals surface area contributed by atoms with Crippen molar-refractivity contribution >= 4 is 5.97 Å². The lowest BCUT2D eigenvalue weighted by molar-refractivity contribution is -0.146. The van der Waals surface area contributed by atoms with E-state index in [1.807, 2.05) is 6.92 Å². The van der Waals surface area contributed by atoms with Crippen LogP contribution in [0.4, 0.5) is 0 Å². The minimum Gasteiger partial charge on any atom is -0.466 e. The molecule has 0 aliphatic carbocycles. The van der Waals surface area contributed by atoms with E-state index in [2.05, 4.69) is 32.6 Å². The minimum atomic E-state index is -0.0598. The van der Waals surface area contributed by atoms with Crippen LogP contribution in [0.15, 0.2) is 0 Å². The molecule has 120 valence electrons. The van der Waals surface area contributed by atoms with Crippen LogP contribution in [0.25, 0.3) is 0 Å². The van der Waals surface area contributed by atoms with Gasteiger partial charge in [-0.05, 0) is 33.4 Å². The number of hydrogen-bond acceptors (Lipinski definition) is 3. The largest absolute Gasteiger partial charge is 0.466 e. The van der Waals surface area contributed by atoms with Crippen molar-refractivity contribution in [2.24, 2.45) is 0 Å². The van der Waals surface area contributed by atoms with E-state index in [0.717, 1.165) is 19.5 Å². The van der Waals surface area contributed by atoms with Crippen molar-refractivity contribution in [3.05, 3.63) is 0 Å². The summed E-state index contributed by atoms with van der Waals surface area (Å²) < 4.78 is 5.16. The van der Waals surface area contributed by atoms with Crippen LogP contribution in [0, 0.1) is 0 Å². The van der Waals surface area contributed by atoms with Gasteiger partial charge in [0.1, 0.15) is 0 Å². The molecule has 0 N–H and O–H groups in total. The molecule has 0 amide bonds. The summed E-state index contributed by atoms with van der Waals surface area (Å²) in [6, 6.07) is 0. The van der Waals surface area contributed by atoms with Crippen LogP contribution in [0.1, 0.15) is 79.6 Å². The van der Waals surface area contributed by atoms with Gasteiger partial charge in [0.05, 0.1) is 13.0 Å². The van der Waals surface area contributed by atoms with Gasteiger partial charge in [-0.1, -0.05) is 52.9 Å². The van der Waals surface area contributed by atoms with E-state index in [1.54, 1.807) is 0 Å². The number of esters is 1. The summed E-state index contributed by atoms with van der Waals surface area (Å²) in [5.74, 6) is -0.0598. The molecule has 0 heterocycles. The third kappa shape index (κ3) is 7.28. The van der Waals surface area contributed by atoms with Crippen molar-refractivity contribution < 1.29 is 9.53 Å². The Bertz CT molecular complexity index is 251. The number of ether oxygens (including phenoxy) is 1. The highest BCUT2D eigenvalue weighted by molar-refractivity contribution is 5.70. The van der Waals surface area contributed by atoms with Gasteiger partial charge in [0.25, 0.3) is 0 Å². The number of rotatable bonds is 12. The molecular weight excluding hydrogens is 250 g/mol. The van der Waals surface area contributed by atoms with Crippen molar-refractivity contribution in [1.29, 1.82) is 0 Å². The molecule has 0 bridgehead atoms. The average Bonchev–Trinajstić information content (AvgIpc) is 2.40. The van der Waals surface area contributed by atoms with Gasteiger partial charge in [-0.15, -0.1) is 0 Å². The Morgan fingerprint density at radius 3 is 2.10 bits per heavy atom. The Hall–Kier alpha value is -0.570. The molecule has 1 unspecified atom stereocenters. The summed E-state index contributed by atoms with van der Waals surface area (Å²) in [6.07, 6.45) is 7.97.